The lowest BCUT2D eigenvalue weighted by atomic mass is 10.2. The largest absolute Gasteiger partial charge is 0.474 e. The highest BCUT2D eigenvalue weighted by atomic mass is 35.5. The molecule has 0 saturated heterocycles. The quantitative estimate of drug-likeness (QED) is 0.730. The average Bonchev–Trinajstić information content (AvgIpc) is 2.45. The SMILES string of the molecule is COCCOCCOc1nnc(Cl)c2ccccc12. The smallest absolute Gasteiger partial charge is 0.241 e. The summed E-state index contributed by atoms with van der Waals surface area (Å²) in [6, 6.07) is 7.58. The highest BCUT2D eigenvalue weighted by Gasteiger charge is 2.07. The van der Waals surface area contributed by atoms with Gasteiger partial charge in [-0.1, -0.05) is 29.8 Å². The van der Waals surface area contributed by atoms with E-state index in [-0.39, 0.29) is 0 Å². The second-order valence-electron chi connectivity index (χ2n) is 3.80. The first-order valence-electron chi connectivity index (χ1n) is 5.93. The van der Waals surface area contributed by atoms with Crippen molar-refractivity contribution in [3.05, 3.63) is 29.4 Å². The van der Waals surface area contributed by atoms with Gasteiger partial charge in [-0.3, -0.25) is 0 Å². The fourth-order valence-electron chi connectivity index (χ4n) is 1.59. The molecule has 2 aromatic rings. The molecule has 2 rings (SSSR count). The number of fused-ring (bicyclic) bond motifs is 1. The van der Waals surface area contributed by atoms with Gasteiger partial charge in [-0.25, -0.2) is 0 Å². The summed E-state index contributed by atoms with van der Waals surface area (Å²) in [6.07, 6.45) is 0. The zero-order valence-electron chi connectivity index (χ0n) is 10.6. The minimum absolute atomic E-state index is 0.374. The normalized spacial score (nSPS) is 10.8. The number of hydrogen-bond acceptors (Lipinski definition) is 5. The highest BCUT2D eigenvalue weighted by Crippen LogP contribution is 2.26. The molecule has 0 unspecified atom stereocenters. The number of methoxy groups -OCH3 is 1. The van der Waals surface area contributed by atoms with E-state index < -0.39 is 0 Å². The molecule has 0 saturated carbocycles. The van der Waals surface area contributed by atoms with E-state index in [0.29, 0.717) is 37.5 Å². The molecular weight excluding hydrogens is 268 g/mol. The molecule has 0 spiro atoms. The second-order valence-corrected chi connectivity index (χ2v) is 4.15. The van der Waals surface area contributed by atoms with Crippen LogP contribution in [0.15, 0.2) is 24.3 Å². The molecule has 19 heavy (non-hydrogen) atoms. The van der Waals surface area contributed by atoms with Crippen LogP contribution in [-0.4, -0.2) is 43.7 Å². The molecule has 0 aliphatic rings. The third-order valence-corrected chi connectivity index (χ3v) is 2.79. The Morgan fingerprint density at radius 3 is 2.53 bits per heavy atom. The summed E-state index contributed by atoms with van der Waals surface area (Å²) in [4.78, 5) is 0. The van der Waals surface area contributed by atoms with Crippen LogP contribution in [0.3, 0.4) is 0 Å². The van der Waals surface area contributed by atoms with E-state index in [4.69, 9.17) is 25.8 Å². The molecule has 102 valence electrons. The van der Waals surface area contributed by atoms with E-state index >= 15 is 0 Å². The van der Waals surface area contributed by atoms with Gasteiger partial charge in [-0.2, -0.15) is 0 Å². The first-order chi connectivity index (χ1) is 9.33. The van der Waals surface area contributed by atoms with Crippen LogP contribution in [0.25, 0.3) is 10.8 Å². The fourth-order valence-corrected chi connectivity index (χ4v) is 1.80. The van der Waals surface area contributed by atoms with E-state index in [1.165, 1.54) is 0 Å². The molecule has 0 radical (unpaired) electrons. The Bertz CT molecular complexity index is 536. The lowest BCUT2D eigenvalue weighted by molar-refractivity contribution is 0.0538. The van der Waals surface area contributed by atoms with Crippen molar-refractivity contribution in [2.24, 2.45) is 0 Å². The summed E-state index contributed by atoms with van der Waals surface area (Å²) in [6.45, 7) is 2.00. The van der Waals surface area contributed by atoms with Crippen molar-refractivity contribution < 1.29 is 14.2 Å². The topological polar surface area (TPSA) is 53.5 Å². The van der Waals surface area contributed by atoms with Crippen LogP contribution in [0, 0.1) is 0 Å². The van der Waals surface area contributed by atoms with Gasteiger partial charge in [0, 0.05) is 17.9 Å². The Morgan fingerprint density at radius 2 is 1.74 bits per heavy atom. The molecule has 5 nitrogen and oxygen atoms in total. The zero-order valence-corrected chi connectivity index (χ0v) is 11.4. The molecule has 6 heteroatoms. The van der Waals surface area contributed by atoms with Gasteiger partial charge in [0.05, 0.1) is 19.8 Å². The second kappa shape index (κ2) is 7.23. The molecule has 0 atom stereocenters. The number of aromatic nitrogens is 2. The first kappa shape index (κ1) is 14.0. The number of hydrogen-bond donors (Lipinski definition) is 0. The molecule has 1 aromatic carbocycles. The fraction of sp³-hybridized carbons (Fsp3) is 0.385. The van der Waals surface area contributed by atoms with Crippen molar-refractivity contribution in [1.82, 2.24) is 10.2 Å². The lowest BCUT2D eigenvalue weighted by Gasteiger charge is -2.08. The van der Waals surface area contributed by atoms with Crippen LogP contribution in [0.5, 0.6) is 5.88 Å². The summed E-state index contributed by atoms with van der Waals surface area (Å²) >= 11 is 5.98. The summed E-state index contributed by atoms with van der Waals surface area (Å²) < 4.78 is 15.7. The Labute approximate surface area is 116 Å². The van der Waals surface area contributed by atoms with Gasteiger partial charge in [-0.05, 0) is 6.07 Å². The third-order valence-electron chi connectivity index (χ3n) is 2.51. The van der Waals surface area contributed by atoms with Crippen molar-refractivity contribution >= 4 is 22.4 Å². The van der Waals surface area contributed by atoms with Gasteiger partial charge in [0.1, 0.15) is 6.61 Å². The Kier molecular flexibility index (Phi) is 5.32. The zero-order chi connectivity index (χ0) is 13.5. The monoisotopic (exact) mass is 282 g/mol. The van der Waals surface area contributed by atoms with Crippen molar-refractivity contribution in [2.75, 3.05) is 33.5 Å². The van der Waals surface area contributed by atoms with E-state index in [0.717, 1.165) is 10.8 Å². The standard InChI is InChI=1S/C13H15ClN2O3/c1-17-6-7-18-8-9-19-13-11-5-3-2-4-10(11)12(14)15-16-13/h2-5H,6-9H2,1H3. The van der Waals surface area contributed by atoms with E-state index in [1.807, 2.05) is 24.3 Å². The summed E-state index contributed by atoms with van der Waals surface area (Å²) in [7, 11) is 1.63. The van der Waals surface area contributed by atoms with Gasteiger partial charge in [0.2, 0.25) is 5.88 Å². The highest BCUT2D eigenvalue weighted by molar-refractivity contribution is 6.34. The summed E-state index contributed by atoms with van der Waals surface area (Å²) in [5, 5.41) is 9.87. The lowest BCUT2D eigenvalue weighted by Crippen LogP contribution is -2.11. The van der Waals surface area contributed by atoms with Crippen molar-refractivity contribution in [1.29, 1.82) is 0 Å². The van der Waals surface area contributed by atoms with E-state index in [2.05, 4.69) is 10.2 Å². The number of halogens is 1. The van der Waals surface area contributed by atoms with Crippen LogP contribution in [-0.2, 0) is 9.47 Å². The van der Waals surface area contributed by atoms with Gasteiger partial charge >= 0.3 is 0 Å². The van der Waals surface area contributed by atoms with Crippen LogP contribution in [0.1, 0.15) is 0 Å². The molecule has 0 aliphatic heterocycles. The molecule has 0 aliphatic carbocycles. The van der Waals surface area contributed by atoms with E-state index in [9.17, 15) is 0 Å². The third kappa shape index (κ3) is 3.76. The summed E-state index contributed by atoms with van der Waals surface area (Å²) in [5.41, 5.74) is 0. The van der Waals surface area contributed by atoms with Crippen molar-refractivity contribution in [3.8, 4) is 5.88 Å². The van der Waals surface area contributed by atoms with Crippen LogP contribution >= 0.6 is 11.6 Å². The number of nitrogens with zero attached hydrogens (tertiary/aromatic N) is 2. The Hall–Kier alpha value is -1.43. The van der Waals surface area contributed by atoms with Crippen LogP contribution in [0.2, 0.25) is 5.15 Å². The number of rotatable bonds is 7. The van der Waals surface area contributed by atoms with Crippen LogP contribution in [0.4, 0.5) is 0 Å². The van der Waals surface area contributed by atoms with Gasteiger partial charge in [0.25, 0.3) is 0 Å². The molecule has 0 fully saturated rings. The van der Waals surface area contributed by atoms with Crippen molar-refractivity contribution in [3.63, 3.8) is 0 Å². The minimum Gasteiger partial charge on any atom is -0.474 e. The van der Waals surface area contributed by atoms with E-state index in [1.54, 1.807) is 7.11 Å². The molecule has 1 aromatic heterocycles. The molecule has 1 heterocycles. The maximum absolute atomic E-state index is 5.98. The van der Waals surface area contributed by atoms with Gasteiger partial charge in [0.15, 0.2) is 5.15 Å². The predicted octanol–water partition coefficient (Wildman–Crippen LogP) is 2.33. The minimum atomic E-state index is 0.374. The van der Waals surface area contributed by atoms with Crippen molar-refractivity contribution in [2.45, 2.75) is 0 Å². The molecule has 0 N–H and O–H groups in total. The predicted molar refractivity (Wildman–Crippen MR) is 72.7 cm³/mol. The average molecular weight is 283 g/mol. The number of benzene rings is 1. The van der Waals surface area contributed by atoms with Gasteiger partial charge < -0.3 is 14.2 Å². The Morgan fingerprint density at radius 1 is 1.00 bits per heavy atom. The van der Waals surface area contributed by atoms with Gasteiger partial charge in [-0.15, -0.1) is 10.2 Å². The molecule has 0 bridgehead atoms. The number of ether oxygens (including phenoxy) is 3. The molecule has 0 amide bonds. The maximum atomic E-state index is 5.98. The maximum Gasteiger partial charge on any atom is 0.241 e. The first-order valence-corrected chi connectivity index (χ1v) is 6.31. The van der Waals surface area contributed by atoms with Crippen LogP contribution < -0.4 is 4.74 Å². The summed E-state index contributed by atoms with van der Waals surface area (Å²) in [5.74, 6) is 0.468. The molecular formula is C13H15ClN2O3. The Balaban J connectivity index is 1.96.